The molecule has 2 aromatic carbocycles. The molecule has 0 unspecified atom stereocenters. The summed E-state index contributed by atoms with van der Waals surface area (Å²) in [6.45, 7) is 0.265. The Morgan fingerprint density at radius 3 is 2.89 bits per heavy atom. The fourth-order valence-electron chi connectivity index (χ4n) is 2.67. The van der Waals surface area contributed by atoms with Gasteiger partial charge in [0.25, 0.3) is 11.6 Å². The Kier molecular flexibility index (Phi) is 4.25. The van der Waals surface area contributed by atoms with Gasteiger partial charge in [-0.3, -0.25) is 10.1 Å². The van der Waals surface area contributed by atoms with E-state index in [-0.39, 0.29) is 23.2 Å². The van der Waals surface area contributed by atoms with Crippen molar-refractivity contribution in [3.8, 4) is 23.0 Å². The highest BCUT2D eigenvalue weighted by Gasteiger charge is 2.21. The number of fused-ring (bicyclic) bond motifs is 1. The van der Waals surface area contributed by atoms with Crippen LogP contribution in [0.3, 0.4) is 0 Å². The average molecular weight is 386 g/mol. The molecule has 0 aliphatic carbocycles. The van der Waals surface area contributed by atoms with Crippen LogP contribution in [0, 0.1) is 10.1 Å². The zero-order chi connectivity index (χ0) is 19.0. The van der Waals surface area contributed by atoms with Crippen molar-refractivity contribution in [3.63, 3.8) is 0 Å². The van der Waals surface area contributed by atoms with E-state index >= 15 is 0 Å². The second kappa shape index (κ2) is 6.73. The minimum atomic E-state index is -0.515. The van der Waals surface area contributed by atoms with E-state index in [1.165, 1.54) is 18.2 Å². The number of rotatable bonds is 4. The summed E-state index contributed by atoms with van der Waals surface area (Å²) >= 11 is 6.13. The van der Waals surface area contributed by atoms with Crippen LogP contribution in [0.2, 0.25) is 5.02 Å². The number of methoxy groups -OCH3 is 1. The minimum absolute atomic E-state index is 0.0936. The van der Waals surface area contributed by atoms with E-state index in [0.29, 0.717) is 22.7 Å². The maximum absolute atomic E-state index is 11.0. The maximum Gasteiger partial charge on any atom is 0.270 e. The van der Waals surface area contributed by atoms with Gasteiger partial charge in [-0.25, -0.2) is 0 Å². The van der Waals surface area contributed by atoms with Crippen molar-refractivity contribution in [3.05, 3.63) is 62.9 Å². The van der Waals surface area contributed by atoms with Gasteiger partial charge >= 0.3 is 0 Å². The van der Waals surface area contributed by atoms with Gasteiger partial charge in [0.15, 0.2) is 0 Å². The summed E-state index contributed by atoms with van der Waals surface area (Å²) in [5.41, 5.74) is 1.71. The lowest BCUT2D eigenvalue weighted by Crippen LogP contribution is -2.07. The van der Waals surface area contributed by atoms with Crippen molar-refractivity contribution in [2.45, 2.75) is 0 Å². The van der Waals surface area contributed by atoms with E-state index in [1.807, 2.05) is 24.3 Å². The van der Waals surface area contributed by atoms with E-state index < -0.39 is 4.92 Å². The van der Waals surface area contributed by atoms with Crippen molar-refractivity contribution in [1.82, 2.24) is 10.1 Å². The van der Waals surface area contributed by atoms with Gasteiger partial charge in [-0.05, 0) is 30.3 Å². The lowest BCUT2D eigenvalue weighted by molar-refractivity contribution is -0.384. The first-order valence-electron chi connectivity index (χ1n) is 7.85. The lowest BCUT2D eigenvalue weighted by atomic mass is 10.1. The molecular weight excluding hydrogens is 374 g/mol. The summed E-state index contributed by atoms with van der Waals surface area (Å²) in [6, 6.07) is 9.51. The number of nitro groups is 1. The standard InChI is InChI=1S/C18H12ClN3O5/c1-25-13-3-5-16-10(7-13)6-11(9-26-16)17-20-18(27-21-17)14-8-12(22(23)24)2-4-15(14)19/h2-8H,9H2,1H3. The summed E-state index contributed by atoms with van der Waals surface area (Å²) in [7, 11) is 1.59. The van der Waals surface area contributed by atoms with Crippen LogP contribution in [0.15, 0.2) is 40.9 Å². The molecule has 0 fully saturated rings. The van der Waals surface area contributed by atoms with Crippen molar-refractivity contribution >= 4 is 28.9 Å². The molecule has 0 spiro atoms. The normalized spacial score (nSPS) is 12.7. The fourth-order valence-corrected chi connectivity index (χ4v) is 2.86. The van der Waals surface area contributed by atoms with Crippen molar-refractivity contribution in [2.75, 3.05) is 13.7 Å². The van der Waals surface area contributed by atoms with Crippen LogP contribution < -0.4 is 9.47 Å². The third-order valence-corrected chi connectivity index (χ3v) is 4.36. The summed E-state index contributed by atoms with van der Waals surface area (Å²) < 4.78 is 16.2. The van der Waals surface area contributed by atoms with Crippen LogP contribution in [0.5, 0.6) is 11.5 Å². The average Bonchev–Trinajstić information content (AvgIpc) is 3.17. The molecule has 4 rings (SSSR count). The van der Waals surface area contributed by atoms with Gasteiger partial charge in [-0.15, -0.1) is 0 Å². The summed E-state index contributed by atoms with van der Waals surface area (Å²) in [4.78, 5) is 14.8. The number of aromatic nitrogens is 2. The first kappa shape index (κ1) is 17.0. The van der Waals surface area contributed by atoms with Crippen LogP contribution >= 0.6 is 11.6 Å². The molecule has 8 nitrogen and oxygen atoms in total. The molecule has 136 valence electrons. The van der Waals surface area contributed by atoms with E-state index in [0.717, 1.165) is 11.3 Å². The number of nitrogens with zero attached hydrogens (tertiary/aromatic N) is 3. The third kappa shape index (κ3) is 3.22. The predicted molar refractivity (Wildman–Crippen MR) is 97.8 cm³/mol. The zero-order valence-electron chi connectivity index (χ0n) is 14.0. The smallest absolute Gasteiger partial charge is 0.270 e. The van der Waals surface area contributed by atoms with Gasteiger partial charge in [0.05, 0.1) is 22.6 Å². The van der Waals surface area contributed by atoms with E-state index in [1.54, 1.807) is 7.11 Å². The van der Waals surface area contributed by atoms with E-state index in [4.69, 9.17) is 25.6 Å². The van der Waals surface area contributed by atoms with E-state index in [2.05, 4.69) is 10.1 Å². The number of halogens is 1. The zero-order valence-corrected chi connectivity index (χ0v) is 14.8. The maximum atomic E-state index is 11.0. The Morgan fingerprint density at radius 1 is 1.26 bits per heavy atom. The third-order valence-electron chi connectivity index (χ3n) is 4.03. The predicted octanol–water partition coefficient (Wildman–Crippen LogP) is 4.24. The number of hydrogen-bond acceptors (Lipinski definition) is 7. The van der Waals surface area contributed by atoms with Gasteiger partial charge in [0, 0.05) is 23.3 Å². The van der Waals surface area contributed by atoms with Gasteiger partial charge < -0.3 is 14.0 Å². The number of hydrogen-bond donors (Lipinski definition) is 0. The minimum Gasteiger partial charge on any atom is -0.497 e. The molecule has 3 aromatic rings. The monoisotopic (exact) mass is 385 g/mol. The van der Waals surface area contributed by atoms with Gasteiger partial charge in [0.2, 0.25) is 5.82 Å². The van der Waals surface area contributed by atoms with Crippen LogP contribution in [-0.2, 0) is 0 Å². The molecule has 9 heteroatoms. The molecule has 1 aliphatic rings. The van der Waals surface area contributed by atoms with Gasteiger partial charge in [0.1, 0.15) is 18.1 Å². The van der Waals surface area contributed by atoms with Crippen LogP contribution in [-0.4, -0.2) is 28.8 Å². The van der Waals surface area contributed by atoms with E-state index in [9.17, 15) is 10.1 Å². The second-order valence-electron chi connectivity index (χ2n) is 5.71. The summed E-state index contributed by atoms with van der Waals surface area (Å²) in [5, 5.41) is 15.2. The number of non-ortho nitro benzene ring substituents is 1. The lowest BCUT2D eigenvalue weighted by Gasteiger charge is -2.16. The molecule has 0 bridgehead atoms. The first-order chi connectivity index (χ1) is 13.0. The largest absolute Gasteiger partial charge is 0.497 e. The molecular formula is C18H12ClN3O5. The Labute approximate surface area is 158 Å². The van der Waals surface area contributed by atoms with Crippen molar-refractivity contribution in [1.29, 1.82) is 0 Å². The number of benzene rings is 2. The molecule has 0 N–H and O–H groups in total. The molecule has 1 aromatic heterocycles. The first-order valence-corrected chi connectivity index (χ1v) is 8.23. The van der Waals surface area contributed by atoms with Crippen LogP contribution in [0.4, 0.5) is 5.69 Å². The highest BCUT2D eigenvalue weighted by molar-refractivity contribution is 6.33. The molecule has 2 heterocycles. The van der Waals surface area contributed by atoms with Crippen LogP contribution in [0.1, 0.15) is 11.4 Å². The molecule has 0 amide bonds. The highest BCUT2D eigenvalue weighted by Crippen LogP contribution is 2.34. The molecule has 0 radical (unpaired) electrons. The molecule has 0 saturated heterocycles. The van der Waals surface area contributed by atoms with Crippen molar-refractivity contribution < 1.29 is 18.9 Å². The van der Waals surface area contributed by atoms with Crippen LogP contribution in [0.25, 0.3) is 23.1 Å². The highest BCUT2D eigenvalue weighted by atomic mass is 35.5. The van der Waals surface area contributed by atoms with Gasteiger partial charge in [-0.1, -0.05) is 16.8 Å². The fraction of sp³-hybridized carbons (Fsp3) is 0.111. The number of ether oxygens (including phenoxy) is 2. The SMILES string of the molecule is COc1ccc2c(c1)C=C(c1noc(-c3cc([N+](=O)[O-])ccc3Cl)n1)CO2. The topological polar surface area (TPSA) is 101 Å². The quantitative estimate of drug-likeness (QED) is 0.489. The Hall–Kier alpha value is -3.39. The Morgan fingerprint density at radius 2 is 2.11 bits per heavy atom. The molecule has 0 saturated carbocycles. The van der Waals surface area contributed by atoms with Crippen molar-refractivity contribution in [2.24, 2.45) is 0 Å². The molecule has 1 aliphatic heterocycles. The summed E-state index contributed by atoms with van der Waals surface area (Å²) in [6.07, 6.45) is 1.88. The number of nitro benzene ring substituents is 1. The molecule has 0 atom stereocenters. The Bertz CT molecular complexity index is 1080. The summed E-state index contributed by atoms with van der Waals surface area (Å²) in [5.74, 6) is 1.84. The second-order valence-corrected chi connectivity index (χ2v) is 6.11. The van der Waals surface area contributed by atoms with Gasteiger partial charge in [-0.2, -0.15) is 4.98 Å². The molecule has 27 heavy (non-hydrogen) atoms. The Balaban J connectivity index is 1.70.